The molecule has 0 spiro atoms. The summed E-state index contributed by atoms with van der Waals surface area (Å²) in [6.07, 6.45) is 1.52. The summed E-state index contributed by atoms with van der Waals surface area (Å²) in [6, 6.07) is 19.6. The molecule has 1 heterocycles. The van der Waals surface area contributed by atoms with Crippen molar-refractivity contribution in [1.82, 2.24) is 4.72 Å². The van der Waals surface area contributed by atoms with Crippen molar-refractivity contribution in [2.24, 2.45) is 0 Å². The van der Waals surface area contributed by atoms with Gasteiger partial charge in [0.1, 0.15) is 0 Å². The first-order chi connectivity index (χ1) is 17.9. The van der Waals surface area contributed by atoms with E-state index in [0.29, 0.717) is 17.2 Å². The van der Waals surface area contributed by atoms with E-state index in [1.807, 2.05) is 42.5 Å². The lowest BCUT2D eigenvalue weighted by molar-refractivity contribution is -0.118. The number of nitrogens with one attached hydrogen (secondary N) is 2. The average Bonchev–Trinajstić information content (AvgIpc) is 3.59. The van der Waals surface area contributed by atoms with Gasteiger partial charge in [0.2, 0.25) is 22.7 Å². The fraction of sp³-hybridized carbons (Fsp3) is 0.296. The Morgan fingerprint density at radius 1 is 0.946 bits per heavy atom. The molecule has 37 heavy (non-hydrogen) atoms. The molecule has 1 amide bonds. The fourth-order valence-corrected chi connectivity index (χ4v) is 5.33. The van der Waals surface area contributed by atoms with Crippen molar-refractivity contribution >= 4 is 21.6 Å². The SMILES string of the molecule is O=C(Nc1cccc(-c2ccc(S(=O)(=O)NCCOCCO)cc2)c1)C1(c2ccc3c(c2)OCO3)CC1. The average molecular weight is 525 g/mol. The quantitative estimate of drug-likeness (QED) is 0.330. The number of benzene rings is 3. The number of anilines is 1. The summed E-state index contributed by atoms with van der Waals surface area (Å²) in [5, 5.41) is 11.8. The van der Waals surface area contributed by atoms with Crippen molar-refractivity contribution in [2.45, 2.75) is 23.2 Å². The zero-order valence-corrected chi connectivity index (χ0v) is 20.9. The molecule has 0 aromatic heterocycles. The van der Waals surface area contributed by atoms with Gasteiger partial charge in [-0.1, -0.05) is 30.3 Å². The highest BCUT2D eigenvalue weighted by Crippen LogP contribution is 2.51. The summed E-state index contributed by atoms with van der Waals surface area (Å²) in [6.45, 7) is 0.524. The Bertz CT molecular complexity index is 1390. The summed E-state index contributed by atoms with van der Waals surface area (Å²) in [5.74, 6) is 1.28. The van der Waals surface area contributed by atoms with Crippen molar-refractivity contribution in [3.63, 3.8) is 0 Å². The number of rotatable bonds is 11. The van der Waals surface area contributed by atoms with Crippen LogP contribution in [-0.4, -0.2) is 52.6 Å². The molecular weight excluding hydrogens is 496 g/mol. The summed E-state index contributed by atoms with van der Waals surface area (Å²) < 4.78 is 43.4. The molecule has 2 aliphatic rings. The van der Waals surface area contributed by atoms with Crippen LogP contribution in [0.25, 0.3) is 11.1 Å². The topological polar surface area (TPSA) is 123 Å². The number of carbonyl (C=O) groups is 1. The van der Waals surface area contributed by atoms with E-state index in [1.54, 1.807) is 12.1 Å². The van der Waals surface area contributed by atoms with Gasteiger partial charge in [-0.25, -0.2) is 13.1 Å². The Labute approximate surface area is 215 Å². The number of fused-ring (bicyclic) bond motifs is 1. The van der Waals surface area contributed by atoms with Crippen LogP contribution in [0.2, 0.25) is 0 Å². The predicted molar refractivity (Wildman–Crippen MR) is 137 cm³/mol. The number of aliphatic hydroxyl groups excluding tert-OH is 1. The first-order valence-corrected chi connectivity index (χ1v) is 13.5. The third-order valence-electron chi connectivity index (χ3n) is 6.50. The van der Waals surface area contributed by atoms with Gasteiger partial charge < -0.3 is 24.6 Å². The molecule has 194 valence electrons. The van der Waals surface area contributed by atoms with Crippen LogP contribution in [0.15, 0.2) is 71.6 Å². The number of hydrogen-bond acceptors (Lipinski definition) is 7. The lowest BCUT2D eigenvalue weighted by atomic mass is 9.94. The van der Waals surface area contributed by atoms with Crippen LogP contribution in [0, 0.1) is 0 Å². The second kappa shape index (κ2) is 10.5. The highest BCUT2D eigenvalue weighted by molar-refractivity contribution is 7.89. The minimum atomic E-state index is -3.68. The van der Waals surface area contributed by atoms with E-state index in [-0.39, 0.29) is 44.0 Å². The Morgan fingerprint density at radius 2 is 1.73 bits per heavy atom. The maximum atomic E-state index is 13.3. The van der Waals surface area contributed by atoms with Gasteiger partial charge in [0.05, 0.1) is 30.1 Å². The van der Waals surface area contributed by atoms with Crippen molar-refractivity contribution in [3.8, 4) is 22.6 Å². The predicted octanol–water partition coefficient (Wildman–Crippen LogP) is 3.04. The Kier molecular flexibility index (Phi) is 7.16. The van der Waals surface area contributed by atoms with E-state index in [4.69, 9.17) is 19.3 Å². The van der Waals surface area contributed by atoms with Crippen LogP contribution in [0.5, 0.6) is 11.5 Å². The van der Waals surface area contributed by atoms with Crippen LogP contribution in [0.3, 0.4) is 0 Å². The molecule has 3 aromatic carbocycles. The molecule has 10 heteroatoms. The summed E-state index contributed by atoms with van der Waals surface area (Å²) in [4.78, 5) is 13.4. The highest BCUT2D eigenvalue weighted by atomic mass is 32.2. The molecule has 1 aliphatic carbocycles. The first-order valence-electron chi connectivity index (χ1n) is 12.0. The van der Waals surface area contributed by atoms with Crippen LogP contribution in [-0.2, 0) is 25.0 Å². The van der Waals surface area contributed by atoms with Gasteiger partial charge in [-0.2, -0.15) is 0 Å². The number of amides is 1. The molecule has 0 bridgehead atoms. The zero-order chi connectivity index (χ0) is 25.9. The minimum absolute atomic E-state index is 0.0704. The van der Waals surface area contributed by atoms with Gasteiger partial charge in [-0.05, 0) is 65.9 Å². The van der Waals surface area contributed by atoms with Gasteiger partial charge in [-0.3, -0.25) is 4.79 Å². The molecule has 0 unspecified atom stereocenters. The van der Waals surface area contributed by atoms with Crippen LogP contribution >= 0.6 is 0 Å². The molecule has 1 saturated carbocycles. The molecule has 1 fully saturated rings. The molecule has 0 saturated heterocycles. The largest absolute Gasteiger partial charge is 0.454 e. The van der Waals surface area contributed by atoms with Crippen molar-refractivity contribution < 1.29 is 32.5 Å². The van der Waals surface area contributed by atoms with E-state index < -0.39 is 15.4 Å². The second-order valence-electron chi connectivity index (χ2n) is 8.94. The van der Waals surface area contributed by atoms with Gasteiger partial charge in [0.25, 0.3) is 0 Å². The molecule has 0 radical (unpaired) electrons. The summed E-state index contributed by atoms with van der Waals surface area (Å²) in [5.41, 5.74) is 2.66. The van der Waals surface area contributed by atoms with Crippen molar-refractivity contribution in [3.05, 3.63) is 72.3 Å². The Morgan fingerprint density at radius 3 is 2.49 bits per heavy atom. The number of ether oxygens (including phenoxy) is 3. The van der Waals surface area contributed by atoms with E-state index in [2.05, 4.69) is 10.0 Å². The molecule has 3 aromatic rings. The normalized spacial score (nSPS) is 15.4. The number of hydrogen-bond donors (Lipinski definition) is 3. The van der Waals surface area contributed by atoms with Gasteiger partial charge >= 0.3 is 0 Å². The lowest BCUT2D eigenvalue weighted by Gasteiger charge is -2.17. The van der Waals surface area contributed by atoms with Gasteiger partial charge in [-0.15, -0.1) is 0 Å². The first kappa shape index (κ1) is 25.2. The zero-order valence-electron chi connectivity index (χ0n) is 20.1. The molecule has 9 nitrogen and oxygen atoms in total. The fourth-order valence-electron chi connectivity index (χ4n) is 4.32. The Balaban J connectivity index is 1.25. The van der Waals surface area contributed by atoms with Crippen LogP contribution in [0.1, 0.15) is 18.4 Å². The second-order valence-corrected chi connectivity index (χ2v) is 10.7. The molecule has 1 aliphatic heterocycles. The molecular formula is C27H28N2O7S. The maximum absolute atomic E-state index is 13.3. The monoisotopic (exact) mass is 524 g/mol. The third kappa shape index (κ3) is 5.47. The van der Waals surface area contributed by atoms with Crippen molar-refractivity contribution in [2.75, 3.05) is 38.5 Å². The summed E-state index contributed by atoms with van der Waals surface area (Å²) in [7, 11) is -3.68. The van der Waals surface area contributed by atoms with E-state index in [9.17, 15) is 13.2 Å². The number of aliphatic hydroxyl groups is 1. The molecule has 5 rings (SSSR count). The van der Waals surface area contributed by atoms with E-state index in [1.165, 1.54) is 12.1 Å². The minimum Gasteiger partial charge on any atom is -0.454 e. The van der Waals surface area contributed by atoms with Gasteiger partial charge in [0, 0.05) is 12.2 Å². The highest BCUT2D eigenvalue weighted by Gasteiger charge is 2.51. The molecule has 3 N–H and O–H groups in total. The van der Waals surface area contributed by atoms with Gasteiger partial charge in [0.15, 0.2) is 11.5 Å². The summed E-state index contributed by atoms with van der Waals surface area (Å²) >= 11 is 0. The van der Waals surface area contributed by atoms with E-state index in [0.717, 1.165) is 29.5 Å². The number of carbonyl (C=O) groups excluding carboxylic acids is 1. The van der Waals surface area contributed by atoms with E-state index >= 15 is 0 Å². The third-order valence-corrected chi connectivity index (χ3v) is 7.98. The lowest BCUT2D eigenvalue weighted by Crippen LogP contribution is -2.27. The maximum Gasteiger partial charge on any atom is 0.240 e. The van der Waals surface area contributed by atoms with Crippen molar-refractivity contribution in [1.29, 1.82) is 0 Å². The standard InChI is InChI=1S/C27H28N2O7S/c30-13-15-34-14-12-28-37(32,33)23-7-4-19(5-8-23)20-2-1-3-22(16-20)29-26(31)27(10-11-27)21-6-9-24-25(17-21)36-18-35-24/h1-9,16-17,28,30H,10-15,18H2,(H,29,31). The van der Waals surface area contributed by atoms with Crippen LogP contribution in [0.4, 0.5) is 5.69 Å². The Hall–Kier alpha value is -3.44. The molecule has 0 atom stereocenters. The number of sulfonamides is 1. The van der Waals surface area contributed by atoms with Crippen LogP contribution < -0.4 is 19.5 Å². The smallest absolute Gasteiger partial charge is 0.240 e.